The van der Waals surface area contributed by atoms with Gasteiger partial charge in [0.1, 0.15) is 0 Å². The van der Waals surface area contributed by atoms with Crippen molar-refractivity contribution >= 4 is 31.7 Å². The highest BCUT2D eigenvalue weighted by Crippen LogP contribution is 2.31. The van der Waals surface area contributed by atoms with E-state index in [9.17, 15) is 8.42 Å². The third-order valence-electron chi connectivity index (χ3n) is 2.99. The molecule has 2 rings (SSSR count). The summed E-state index contributed by atoms with van der Waals surface area (Å²) in [6.45, 7) is 4.06. The highest BCUT2D eigenvalue weighted by Gasteiger charge is 2.29. The normalized spacial score (nSPS) is 11.9. The first-order valence-electron chi connectivity index (χ1n) is 6.89. The Labute approximate surface area is 139 Å². The second kappa shape index (κ2) is 6.42. The summed E-state index contributed by atoms with van der Waals surface area (Å²) in [5.41, 5.74) is 0. The number of aromatic nitrogens is 1. The second-order valence-corrected chi connectivity index (χ2v) is 8.45. The maximum Gasteiger partial charge on any atom is 0.235 e. The SMILES string of the molecule is CC(C)Cc1nc(S(=O)(=O)c2ccc(Br)cc2)c(N(C)C)o1. The molecule has 5 nitrogen and oxygen atoms in total. The van der Waals surface area contributed by atoms with Gasteiger partial charge in [-0.05, 0) is 30.2 Å². The summed E-state index contributed by atoms with van der Waals surface area (Å²) in [6.07, 6.45) is 0.594. The molecule has 0 saturated carbocycles. The molecule has 1 heterocycles. The maximum atomic E-state index is 12.8. The molecule has 7 heteroatoms. The molecule has 1 aromatic heterocycles. The van der Waals surface area contributed by atoms with Gasteiger partial charge in [0.25, 0.3) is 0 Å². The monoisotopic (exact) mass is 386 g/mol. The summed E-state index contributed by atoms with van der Waals surface area (Å²) in [5, 5.41) is -0.0320. The number of benzene rings is 1. The number of nitrogens with zero attached hydrogens (tertiary/aromatic N) is 2. The number of halogens is 1. The number of hydrogen-bond donors (Lipinski definition) is 0. The number of anilines is 1. The molecular weight excluding hydrogens is 368 g/mol. The smallest absolute Gasteiger partial charge is 0.235 e. The first kappa shape index (κ1) is 17.0. The van der Waals surface area contributed by atoms with Crippen LogP contribution >= 0.6 is 15.9 Å². The van der Waals surface area contributed by atoms with Gasteiger partial charge < -0.3 is 9.32 Å². The molecule has 0 aliphatic carbocycles. The van der Waals surface area contributed by atoms with Gasteiger partial charge in [-0.2, -0.15) is 4.98 Å². The summed E-state index contributed by atoms with van der Waals surface area (Å²) >= 11 is 3.30. The van der Waals surface area contributed by atoms with Crippen LogP contribution in [-0.4, -0.2) is 27.5 Å². The van der Waals surface area contributed by atoms with E-state index in [2.05, 4.69) is 20.9 Å². The predicted molar refractivity (Wildman–Crippen MR) is 89.0 cm³/mol. The van der Waals surface area contributed by atoms with E-state index in [1.54, 1.807) is 43.3 Å². The van der Waals surface area contributed by atoms with E-state index in [4.69, 9.17) is 4.42 Å². The molecular formula is C15H19BrN2O3S. The zero-order valence-corrected chi connectivity index (χ0v) is 15.4. The van der Waals surface area contributed by atoms with Crippen LogP contribution in [0.15, 0.2) is 43.1 Å². The van der Waals surface area contributed by atoms with Crippen LogP contribution in [0.1, 0.15) is 19.7 Å². The lowest BCUT2D eigenvalue weighted by molar-refractivity contribution is 0.459. The van der Waals surface area contributed by atoms with Crippen LogP contribution in [-0.2, 0) is 16.3 Å². The van der Waals surface area contributed by atoms with Crippen LogP contribution in [0.4, 0.5) is 5.88 Å². The summed E-state index contributed by atoms with van der Waals surface area (Å²) in [5.74, 6) is 1.03. The molecule has 0 saturated heterocycles. The summed E-state index contributed by atoms with van der Waals surface area (Å²) in [4.78, 5) is 6.06. The van der Waals surface area contributed by atoms with Crippen molar-refractivity contribution in [1.82, 2.24) is 4.98 Å². The Morgan fingerprint density at radius 3 is 2.32 bits per heavy atom. The third-order valence-corrected chi connectivity index (χ3v) is 5.19. The van der Waals surface area contributed by atoms with Crippen molar-refractivity contribution in [2.75, 3.05) is 19.0 Å². The van der Waals surface area contributed by atoms with Crippen LogP contribution in [0.3, 0.4) is 0 Å². The Balaban J connectivity index is 2.54. The first-order valence-corrected chi connectivity index (χ1v) is 9.17. The van der Waals surface area contributed by atoms with E-state index in [0.717, 1.165) is 4.47 Å². The Bertz CT molecular complexity index is 750. The molecule has 0 atom stereocenters. The fourth-order valence-corrected chi connectivity index (χ4v) is 3.62. The molecule has 0 aliphatic rings. The topological polar surface area (TPSA) is 63.4 Å². The maximum absolute atomic E-state index is 12.8. The average Bonchev–Trinajstić information content (AvgIpc) is 2.83. The number of hydrogen-bond acceptors (Lipinski definition) is 5. The molecule has 0 unspecified atom stereocenters. The zero-order chi connectivity index (χ0) is 16.5. The van der Waals surface area contributed by atoms with Crippen molar-refractivity contribution in [3.05, 3.63) is 34.6 Å². The average molecular weight is 387 g/mol. The van der Waals surface area contributed by atoms with Crippen molar-refractivity contribution in [3.8, 4) is 0 Å². The Morgan fingerprint density at radius 1 is 1.23 bits per heavy atom. The van der Waals surface area contributed by atoms with Gasteiger partial charge >= 0.3 is 0 Å². The van der Waals surface area contributed by atoms with E-state index in [-0.39, 0.29) is 15.8 Å². The molecule has 0 fully saturated rings. The van der Waals surface area contributed by atoms with Crippen LogP contribution in [0.25, 0.3) is 0 Å². The lowest BCUT2D eigenvalue weighted by Gasteiger charge is -2.10. The van der Waals surface area contributed by atoms with Crippen molar-refractivity contribution in [3.63, 3.8) is 0 Å². The molecule has 120 valence electrons. The van der Waals surface area contributed by atoms with Crippen molar-refractivity contribution in [1.29, 1.82) is 0 Å². The molecule has 0 amide bonds. The second-order valence-electron chi connectivity index (χ2n) is 5.67. The summed E-state index contributed by atoms with van der Waals surface area (Å²) in [6, 6.07) is 6.49. The Kier molecular flexibility index (Phi) is 4.97. The molecule has 0 N–H and O–H groups in total. The zero-order valence-electron chi connectivity index (χ0n) is 13.0. The van der Waals surface area contributed by atoms with Gasteiger partial charge in [-0.15, -0.1) is 0 Å². The van der Waals surface area contributed by atoms with Crippen LogP contribution in [0, 0.1) is 5.92 Å². The minimum atomic E-state index is -3.71. The van der Waals surface area contributed by atoms with E-state index in [1.165, 1.54) is 0 Å². The fraction of sp³-hybridized carbons (Fsp3) is 0.400. The number of oxazole rings is 1. The van der Waals surface area contributed by atoms with Crippen molar-refractivity contribution in [2.45, 2.75) is 30.2 Å². The molecule has 0 aliphatic heterocycles. The fourth-order valence-electron chi connectivity index (χ4n) is 1.96. The standard InChI is InChI=1S/C15H19BrN2O3S/c1-10(2)9-13-17-14(15(21-13)18(3)4)22(19,20)12-7-5-11(16)6-8-12/h5-8,10H,9H2,1-4H3. The number of sulfone groups is 1. The third kappa shape index (κ3) is 3.52. The van der Waals surface area contributed by atoms with Gasteiger partial charge in [-0.25, -0.2) is 8.42 Å². The summed E-state index contributed by atoms with van der Waals surface area (Å²) < 4.78 is 32.1. The molecule has 2 aromatic rings. The minimum absolute atomic E-state index is 0.0320. The first-order chi connectivity index (χ1) is 10.2. The predicted octanol–water partition coefficient (Wildman–Crippen LogP) is 3.53. The van der Waals surface area contributed by atoms with Crippen molar-refractivity contribution in [2.24, 2.45) is 5.92 Å². The highest BCUT2D eigenvalue weighted by atomic mass is 79.9. The molecule has 1 aromatic carbocycles. The highest BCUT2D eigenvalue weighted by molar-refractivity contribution is 9.10. The van der Waals surface area contributed by atoms with Gasteiger partial charge in [-0.3, -0.25) is 0 Å². The van der Waals surface area contributed by atoms with Gasteiger partial charge in [0.2, 0.25) is 20.7 Å². The van der Waals surface area contributed by atoms with Gasteiger partial charge in [0.15, 0.2) is 5.89 Å². The van der Waals surface area contributed by atoms with Gasteiger partial charge in [-0.1, -0.05) is 29.8 Å². The Morgan fingerprint density at radius 2 is 1.82 bits per heavy atom. The van der Waals surface area contributed by atoms with Gasteiger partial charge in [0, 0.05) is 25.0 Å². The van der Waals surface area contributed by atoms with Crippen LogP contribution in [0.2, 0.25) is 0 Å². The molecule has 0 spiro atoms. The summed E-state index contributed by atoms with van der Waals surface area (Å²) in [7, 11) is -0.241. The van der Waals surface area contributed by atoms with Crippen LogP contribution in [0.5, 0.6) is 0 Å². The van der Waals surface area contributed by atoms with E-state index in [0.29, 0.717) is 18.2 Å². The van der Waals surface area contributed by atoms with E-state index in [1.807, 2.05) is 13.8 Å². The lowest BCUT2D eigenvalue weighted by Crippen LogP contribution is -2.13. The lowest BCUT2D eigenvalue weighted by atomic mass is 10.1. The van der Waals surface area contributed by atoms with E-state index >= 15 is 0 Å². The molecule has 0 radical (unpaired) electrons. The molecule has 0 bridgehead atoms. The van der Waals surface area contributed by atoms with Crippen molar-refractivity contribution < 1.29 is 12.8 Å². The Hall–Kier alpha value is -1.34. The number of rotatable bonds is 5. The van der Waals surface area contributed by atoms with Crippen LogP contribution < -0.4 is 4.90 Å². The molecule has 22 heavy (non-hydrogen) atoms. The quantitative estimate of drug-likeness (QED) is 0.786. The van der Waals surface area contributed by atoms with E-state index < -0.39 is 9.84 Å². The largest absolute Gasteiger partial charge is 0.424 e. The van der Waals surface area contributed by atoms with Gasteiger partial charge in [0.05, 0.1) is 4.90 Å². The minimum Gasteiger partial charge on any atom is -0.424 e.